The first-order chi connectivity index (χ1) is 12.9. The highest BCUT2D eigenvalue weighted by Gasteiger charge is 2.29. The number of pyridine rings is 1. The van der Waals surface area contributed by atoms with Gasteiger partial charge in [0.2, 0.25) is 10.0 Å². The Hall–Kier alpha value is -1.87. The van der Waals surface area contributed by atoms with E-state index in [1.54, 1.807) is 10.5 Å². The molecule has 1 aromatic rings. The summed E-state index contributed by atoms with van der Waals surface area (Å²) in [6.07, 6.45) is 8.35. The van der Waals surface area contributed by atoms with Crippen molar-refractivity contribution in [3.8, 4) is 0 Å². The molecular weight excluding hydrogens is 366 g/mol. The van der Waals surface area contributed by atoms with Crippen LogP contribution in [0.3, 0.4) is 0 Å². The number of hydrogen-bond donors (Lipinski definition) is 1. The smallest absolute Gasteiger partial charge is 0.317 e. The summed E-state index contributed by atoms with van der Waals surface area (Å²) in [7, 11) is -3.18. The Balaban J connectivity index is 1.42. The molecule has 0 spiro atoms. The van der Waals surface area contributed by atoms with Gasteiger partial charge in [0.15, 0.2) is 0 Å². The van der Waals surface area contributed by atoms with Crippen LogP contribution < -0.4 is 10.2 Å². The predicted molar refractivity (Wildman–Crippen MR) is 105 cm³/mol. The molecule has 1 N–H and O–H groups in total. The first kappa shape index (κ1) is 19.9. The van der Waals surface area contributed by atoms with E-state index in [0.29, 0.717) is 32.6 Å². The number of rotatable bonds is 5. The number of sulfonamides is 1. The predicted octanol–water partition coefficient (Wildman–Crippen LogP) is 1.12. The Labute approximate surface area is 161 Å². The molecule has 2 saturated heterocycles. The van der Waals surface area contributed by atoms with E-state index < -0.39 is 10.0 Å². The van der Waals surface area contributed by atoms with Gasteiger partial charge in [0.1, 0.15) is 0 Å². The van der Waals surface area contributed by atoms with Gasteiger partial charge in [-0.3, -0.25) is 4.98 Å². The maximum atomic E-state index is 12.4. The molecule has 150 valence electrons. The van der Waals surface area contributed by atoms with Crippen LogP contribution in [0.4, 0.5) is 10.5 Å². The highest BCUT2D eigenvalue weighted by Crippen LogP contribution is 2.22. The normalized spacial score (nSPS) is 21.9. The van der Waals surface area contributed by atoms with Gasteiger partial charge in [-0.15, -0.1) is 0 Å². The average Bonchev–Trinajstić information content (AvgIpc) is 2.68. The first-order valence-electron chi connectivity index (χ1n) is 9.60. The number of piperazine rings is 1. The summed E-state index contributed by atoms with van der Waals surface area (Å²) in [5.74, 6) is 0. The number of hydrogen-bond acceptors (Lipinski definition) is 5. The zero-order valence-electron chi connectivity index (χ0n) is 15.9. The number of nitrogens with zero attached hydrogens (tertiary/aromatic N) is 4. The molecule has 27 heavy (non-hydrogen) atoms. The summed E-state index contributed by atoms with van der Waals surface area (Å²) in [5, 5.41) is 2.96. The molecule has 0 aliphatic carbocycles. The van der Waals surface area contributed by atoms with Crippen LogP contribution in [0.25, 0.3) is 0 Å². The van der Waals surface area contributed by atoms with Gasteiger partial charge in [-0.25, -0.2) is 13.2 Å². The standard InChI is InChI=1S/C18H29N5O3S/c1-27(25,26)23-10-3-2-5-16(23)7-9-20-18(24)22-13-11-21(12-14-22)17-6-4-8-19-15-17/h4,6,8,15-16H,2-3,5,7,9-14H2,1H3,(H,20,24). The van der Waals surface area contributed by atoms with Crippen LogP contribution in [0, 0.1) is 0 Å². The maximum absolute atomic E-state index is 12.4. The third kappa shape index (κ3) is 5.32. The average molecular weight is 396 g/mol. The molecule has 0 bridgehead atoms. The second kappa shape index (κ2) is 8.88. The molecule has 2 fully saturated rings. The molecule has 3 rings (SSSR count). The van der Waals surface area contributed by atoms with E-state index >= 15 is 0 Å². The third-order valence-electron chi connectivity index (χ3n) is 5.33. The van der Waals surface area contributed by atoms with Crippen molar-refractivity contribution in [3.63, 3.8) is 0 Å². The topological polar surface area (TPSA) is 85.8 Å². The minimum Gasteiger partial charge on any atom is -0.367 e. The van der Waals surface area contributed by atoms with Crippen LogP contribution >= 0.6 is 0 Å². The Morgan fingerprint density at radius 2 is 2.00 bits per heavy atom. The van der Waals surface area contributed by atoms with E-state index in [-0.39, 0.29) is 12.1 Å². The van der Waals surface area contributed by atoms with E-state index in [0.717, 1.165) is 38.0 Å². The van der Waals surface area contributed by atoms with Gasteiger partial charge in [0.05, 0.1) is 18.1 Å². The minimum atomic E-state index is -3.18. The third-order valence-corrected chi connectivity index (χ3v) is 6.66. The van der Waals surface area contributed by atoms with E-state index in [2.05, 4.69) is 15.2 Å². The van der Waals surface area contributed by atoms with E-state index in [1.165, 1.54) is 6.26 Å². The van der Waals surface area contributed by atoms with Gasteiger partial charge in [-0.05, 0) is 31.4 Å². The molecule has 3 heterocycles. The number of aromatic nitrogens is 1. The number of anilines is 1. The van der Waals surface area contributed by atoms with Gasteiger partial charge in [0.25, 0.3) is 0 Å². The number of carbonyl (C=O) groups is 1. The van der Waals surface area contributed by atoms with Gasteiger partial charge in [-0.1, -0.05) is 6.42 Å². The van der Waals surface area contributed by atoms with Crippen molar-refractivity contribution in [2.24, 2.45) is 0 Å². The second-order valence-electron chi connectivity index (χ2n) is 7.23. The molecule has 0 saturated carbocycles. The molecule has 2 aliphatic heterocycles. The Bertz CT molecular complexity index is 720. The summed E-state index contributed by atoms with van der Waals surface area (Å²) in [5.41, 5.74) is 1.08. The number of nitrogens with one attached hydrogen (secondary N) is 1. The largest absolute Gasteiger partial charge is 0.367 e. The maximum Gasteiger partial charge on any atom is 0.317 e. The highest BCUT2D eigenvalue weighted by atomic mass is 32.2. The van der Waals surface area contributed by atoms with Crippen LogP contribution in [0.1, 0.15) is 25.7 Å². The Morgan fingerprint density at radius 1 is 1.22 bits per heavy atom. The van der Waals surface area contributed by atoms with Crippen molar-refractivity contribution in [2.75, 3.05) is 50.4 Å². The summed E-state index contributed by atoms with van der Waals surface area (Å²) in [6.45, 7) is 3.98. The highest BCUT2D eigenvalue weighted by molar-refractivity contribution is 7.88. The van der Waals surface area contributed by atoms with Crippen LogP contribution in [0.15, 0.2) is 24.5 Å². The molecule has 1 unspecified atom stereocenters. The molecule has 0 radical (unpaired) electrons. The van der Waals surface area contributed by atoms with Crippen molar-refractivity contribution < 1.29 is 13.2 Å². The lowest BCUT2D eigenvalue weighted by Gasteiger charge is -2.36. The summed E-state index contributed by atoms with van der Waals surface area (Å²) in [4.78, 5) is 20.6. The molecule has 0 aromatic carbocycles. The van der Waals surface area contributed by atoms with Crippen LogP contribution in [0.5, 0.6) is 0 Å². The molecule has 2 aliphatic rings. The number of urea groups is 1. The number of carbonyl (C=O) groups excluding carboxylic acids is 1. The van der Waals surface area contributed by atoms with E-state index in [1.807, 2.05) is 23.2 Å². The van der Waals surface area contributed by atoms with Crippen LogP contribution in [0.2, 0.25) is 0 Å². The summed E-state index contributed by atoms with van der Waals surface area (Å²) < 4.78 is 25.4. The molecule has 8 nitrogen and oxygen atoms in total. The summed E-state index contributed by atoms with van der Waals surface area (Å²) >= 11 is 0. The zero-order chi connectivity index (χ0) is 19.3. The SMILES string of the molecule is CS(=O)(=O)N1CCCCC1CCNC(=O)N1CCN(c2cccnc2)CC1. The second-order valence-corrected chi connectivity index (χ2v) is 9.16. The first-order valence-corrected chi connectivity index (χ1v) is 11.4. The van der Waals surface area contributed by atoms with Gasteiger partial charge >= 0.3 is 6.03 Å². The van der Waals surface area contributed by atoms with Crippen molar-refractivity contribution in [2.45, 2.75) is 31.7 Å². The lowest BCUT2D eigenvalue weighted by atomic mass is 10.0. The van der Waals surface area contributed by atoms with Crippen molar-refractivity contribution in [1.82, 2.24) is 19.5 Å². The van der Waals surface area contributed by atoms with E-state index in [9.17, 15) is 13.2 Å². The fourth-order valence-electron chi connectivity index (χ4n) is 3.87. The number of piperidine rings is 1. The fraction of sp³-hybridized carbons (Fsp3) is 0.667. The molecule has 2 amide bonds. The minimum absolute atomic E-state index is 0.00326. The lowest BCUT2D eigenvalue weighted by molar-refractivity contribution is 0.191. The van der Waals surface area contributed by atoms with Crippen molar-refractivity contribution in [3.05, 3.63) is 24.5 Å². The van der Waals surface area contributed by atoms with Crippen LogP contribution in [-0.2, 0) is 10.0 Å². The Morgan fingerprint density at radius 3 is 2.67 bits per heavy atom. The van der Waals surface area contributed by atoms with Crippen molar-refractivity contribution >= 4 is 21.7 Å². The monoisotopic (exact) mass is 395 g/mol. The molecule has 1 aromatic heterocycles. The lowest BCUT2D eigenvalue weighted by Crippen LogP contribution is -2.52. The summed E-state index contributed by atoms with van der Waals surface area (Å²) in [6, 6.07) is 3.87. The fourth-order valence-corrected chi connectivity index (χ4v) is 5.08. The van der Waals surface area contributed by atoms with Gasteiger partial charge in [-0.2, -0.15) is 4.31 Å². The van der Waals surface area contributed by atoms with E-state index in [4.69, 9.17) is 0 Å². The molecular formula is C18H29N5O3S. The zero-order valence-corrected chi connectivity index (χ0v) is 16.7. The molecule has 1 atom stereocenters. The van der Waals surface area contributed by atoms with Gasteiger partial charge in [0, 0.05) is 51.5 Å². The quantitative estimate of drug-likeness (QED) is 0.807. The van der Waals surface area contributed by atoms with Gasteiger partial charge < -0.3 is 15.1 Å². The number of amides is 2. The van der Waals surface area contributed by atoms with Crippen LogP contribution in [-0.4, -0.2) is 80.2 Å². The molecule has 9 heteroatoms. The Kier molecular flexibility index (Phi) is 6.54. The van der Waals surface area contributed by atoms with Crippen molar-refractivity contribution in [1.29, 1.82) is 0 Å².